The number of unbranched alkanes of at least 4 members (excludes halogenated alkanes) is 28. The highest BCUT2D eigenvalue weighted by Gasteiger charge is 2.44. The number of hydrogen-bond donors (Lipinski definition) is 6. The van der Waals surface area contributed by atoms with Crippen LogP contribution in [0.15, 0.2) is 36.5 Å². The maximum Gasteiger partial charge on any atom is 0.305 e. The zero-order valence-electron chi connectivity index (χ0n) is 42.2. The van der Waals surface area contributed by atoms with Gasteiger partial charge >= 0.3 is 5.97 Å². The number of hydrogen-bond acceptors (Lipinski definition) is 10. The van der Waals surface area contributed by atoms with Gasteiger partial charge in [0.1, 0.15) is 24.4 Å². The molecule has 1 aliphatic heterocycles. The number of aliphatic hydroxyl groups is 5. The Hall–Kier alpha value is -2.12. The van der Waals surface area contributed by atoms with Gasteiger partial charge in [-0.25, -0.2) is 0 Å². The highest BCUT2D eigenvalue weighted by molar-refractivity contribution is 5.76. The number of amides is 1. The SMILES string of the molecule is CCCCCCCCCCCCC/C=C/C(O)C(COC1OC(CO)C(O)C(O)C1O)NC(=O)CC/C=C\C/C=C\CCCCCCCCOC(=O)CCCCCCCCCCCCCC. The topological polar surface area (TPSA) is 175 Å². The molecule has 0 bridgehead atoms. The number of allylic oxidation sites excluding steroid dienone is 5. The molecule has 7 unspecified atom stereocenters. The van der Waals surface area contributed by atoms with Gasteiger partial charge in [-0.1, -0.05) is 211 Å². The van der Waals surface area contributed by atoms with E-state index in [1.54, 1.807) is 6.08 Å². The smallest absolute Gasteiger partial charge is 0.305 e. The summed E-state index contributed by atoms with van der Waals surface area (Å²) >= 11 is 0. The van der Waals surface area contributed by atoms with Crippen LogP contribution in [0.5, 0.6) is 0 Å². The number of esters is 1. The molecule has 0 radical (unpaired) electrons. The minimum Gasteiger partial charge on any atom is -0.466 e. The number of carbonyl (C=O) groups excluding carboxylic acids is 2. The molecule has 0 saturated carbocycles. The molecule has 0 aromatic carbocycles. The van der Waals surface area contributed by atoms with Crippen LogP contribution in [-0.2, 0) is 23.8 Å². The molecule has 1 heterocycles. The first kappa shape index (κ1) is 61.9. The van der Waals surface area contributed by atoms with E-state index < -0.39 is 49.5 Å². The second kappa shape index (κ2) is 45.3. The molecule has 0 aliphatic carbocycles. The number of rotatable bonds is 46. The van der Waals surface area contributed by atoms with Gasteiger partial charge in [0.25, 0.3) is 0 Å². The van der Waals surface area contributed by atoms with E-state index in [0.29, 0.717) is 19.4 Å². The Bertz CT molecular complexity index is 1190. The molecule has 6 N–H and O–H groups in total. The number of aliphatic hydroxyl groups excluding tert-OH is 5. The van der Waals surface area contributed by atoms with Gasteiger partial charge in [-0.15, -0.1) is 0 Å². The molecular formula is C55H101NO10. The summed E-state index contributed by atoms with van der Waals surface area (Å²) in [4.78, 5) is 25.0. The summed E-state index contributed by atoms with van der Waals surface area (Å²) in [6.45, 7) is 4.24. The molecular weight excluding hydrogens is 835 g/mol. The summed E-state index contributed by atoms with van der Waals surface area (Å²) in [5.74, 6) is -0.302. The van der Waals surface area contributed by atoms with Gasteiger partial charge in [0.15, 0.2) is 6.29 Å². The van der Waals surface area contributed by atoms with Gasteiger partial charge in [0.05, 0.1) is 32.0 Å². The molecule has 0 spiro atoms. The Balaban J connectivity index is 2.23. The largest absolute Gasteiger partial charge is 0.466 e. The summed E-state index contributed by atoms with van der Waals surface area (Å²) in [6, 6.07) is -0.853. The summed E-state index contributed by atoms with van der Waals surface area (Å²) < 4.78 is 16.6. The maximum absolute atomic E-state index is 13.0. The Kier molecular flexibility index (Phi) is 42.5. The van der Waals surface area contributed by atoms with Crippen LogP contribution in [-0.4, -0.2) is 100 Å². The Morgan fingerprint density at radius 3 is 1.56 bits per heavy atom. The van der Waals surface area contributed by atoms with Crippen molar-refractivity contribution in [3.05, 3.63) is 36.5 Å². The molecule has 0 aromatic heterocycles. The van der Waals surface area contributed by atoms with Crippen molar-refractivity contribution in [3.63, 3.8) is 0 Å². The van der Waals surface area contributed by atoms with Gasteiger partial charge < -0.3 is 45.1 Å². The van der Waals surface area contributed by atoms with Gasteiger partial charge in [-0.05, 0) is 51.4 Å². The molecule has 11 nitrogen and oxygen atoms in total. The second-order valence-corrected chi connectivity index (χ2v) is 18.9. The van der Waals surface area contributed by atoms with Gasteiger partial charge in [-0.2, -0.15) is 0 Å². The molecule has 1 aliphatic rings. The summed E-state index contributed by atoms with van der Waals surface area (Å²) in [5, 5.41) is 54.2. The lowest BCUT2D eigenvalue weighted by atomic mass is 9.99. The Labute approximate surface area is 403 Å². The van der Waals surface area contributed by atoms with Gasteiger partial charge in [0, 0.05) is 12.8 Å². The van der Waals surface area contributed by atoms with Gasteiger partial charge in [-0.3, -0.25) is 9.59 Å². The van der Waals surface area contributed by atoms with E-state index in [1.807, 2.05) is 18.2 Å². The van der Waals surface area contributed by atoms with Crippen LogP contribution >= 0.6 is 0 Å². The van der Waals surface area contributed by atoms with E-state index in [1.165, 1.54) is 135 Å². The third-order valence-corrected chi connectivity index (χ3v) is 12.8. The fourth-order valence-corrected chi connectivity index (χ4v) is 8.37. The molecule has 1 saturated heterocycles. The first-order chi connectivity index (χ1) is 32.2. The number of ether oxygens (including phenoxy) is 3. The number of carbonyl (C=O) groups is 2. The van der Waals surface area contributed by atoms with Crippen molar-refractivity contribution >= 4 is 11.9 Å². The molecule has 386 valence electrons. The molecule has 1 fully saturated rings. The van der Waals surface area contributed by atoms with Crippen molar-refractivity contribution in [1.29, 1.82) is 0 Å². The minimum absolute atomic E-state index is 0.0390. The molecule has 0 aromatic rings. The van der Waals surface area contributed by atoms with Crippen LogP contribution in [0.3, 0.4) is 0 Å². The summed E-state index contributed by atoms with van der Waals surface area (Å²) in [5.41, 5.74) is 0. The lowest BCUT2D eigenvalue weighted by Crippen LogP contribution is -2.60. The predicted molar refractivity (Wildman–Crippen MR) is 269 cm³/mol. The monoisotopic (exact) mass is 936 g/mol. The summed E-state index contributed by atoms with van der Waals surface area (Å²) in [6.07, 6.45) is 43.7. The standard InChI is InChI=1S/C55H101NO10/c1-3-5-7-9-11-13-15-18-21-25-29-33-37-41-48(58)47(46-65-55-54(63)53(62)52(61)49(45-57)66-55)56-50(59)42-38-34-30-26-22-19-17-20-24-28-32-36-40-44-64-51(60)43-39-35-31-27-23-16-14-12-10-8-6-4-2/h19,22,30,34,37,41,47-49,52-55,57-58,61-63H,3-18,20-21,23-29,31-33,35-36,38-40,42-46H2,1-2H3,(H,56,59)/b22-19-,34-30-,41-37+. The van der Waals surface area contributed by atoms with E-state index in [4.69, 9.17) is 14.2 Å². The molecule has 1 amide bonds. The van der Waals surface area contributed by atoms with Crippen LogP contribution in [0.1, 0.15) is 239 Å². The highest BCUT2D eigenvalue weighted by atomic mass is 16.7. The average molecular weight is 936 g/mol. The van der Waals surface area contributed by atoms with Crippen molar-refractivity contribution in [2.75, 3.05) is 19.8 Å². The first-order valence-electron chi connectivity index (χ1n) is 27.3. The van der Waals surface area contributed by atoms with Crippen LogP contribution in [0.2, 0.25) is 0 Å². The van der Waals surface area contributed by atoms with Crippen molar-refractivity contribution < 1.29 is 49.3 Å². The zero-order valence-corrected chi connectivity index (χ0v) is 42.2. The van der Waals surface area contributed by atoms with E-state index >= 15 is 0 Å². The molecule has 7 atom stereocenters. The second-order valence-electron chi connectivity index (χ2n) is 18.9. The number of nitrogens with one attached hydrogen (secondary N) is 1. The quantitative estimate of drug-likeness (QED) is 0.0196. The van der Waals surface area contributed by atoms with Crippen molar-refractivity contribution in [1.82, 2.24) is 5.32 Å². The third-order valence-electron chi connectivity index (χ3n) is 12.8. The van der Waals surface area contributed by atoms with Crippen molar-refractivity contribution in [2.24, 2.45) is 0 Å². The highest BCUT2D eigenvalue weighted by Crippen LogP contribution is 2.23. The molecule has 11 heteroatoms. The average Bonchev–Trinajstić information content (AvgIpc) is 3.31. The third kappa shape index (κ3) is 35.1. The molecule has 1 rings (SSSR count). The Morgan fingerprint density at radius 1 is 0.561 bits per heavy atom. The van der Waals surface area contributed by atoms with Gasteiger partial charge in [0.2, 0.25) is 5.91 Å². The van der Waals surface area contributed by atoms with E-state index in [9.17, 15) is 35.1 Å². The van der Waals surface area contributed by atoms with E-state index in [0.717, 1.165) is 70.6 Å². The van der Waals surface area contributed by atoms with Crippen molar-refractivity contribution in [2.45, 2.75) is 281 Å². The zero-order chi connectivity index (χ0) is 48.1. The minimum atomic E-state index is -1.59. The lowest BCUT2D eigenvalue weighted by Gasteiger charge is -2.40. The normalized spacial score (nSPS) is 19.9. The maximum atomic E-state index is 13.0. The molecule has 66 heavy (non-hydrogen) atoms. The summed E-state index contributed by atoms with van der Waals surface area (Å²) in [7, 11) is 0. The van der Waals surface area contributed by atoms with E-state index in [2.05, 4.69) is 31.3 Å². The fraction of sp³-hybridized carbons (Fsp3) is 0.855. The first-order valence-corrected chi connectivity index (χ1v) is 27.3. The predicted octanol–water partition coefficient (Wildman–Crippen LogP) is 11.6. The lowest BCUT2D eigenvalue weighted by molar-refractivity contribution is -0.302. The van der Waals surface area contributed by atoms with Crippen LogP contribution in [0.25, 0.3) is 0 Å². The fourth-order valence-electron chi connectivity index (χ4n) is 8.37. The van der Waals surface area contributed by atoms with Crippen LogP contribution in [0.4, 0.5) is 0 Å². The van der Waals surface area contributed by atoms with Crippen LogP contribution in [0, 0.1) is 0 Å². The van der Waals surface area contributed by atoms with E-state index in [-0.39, 0.29) is 24.9 Å². The van der Waals surface area contributed by atoms with Crippen molar-refractivity contribution in [3.8, 4) is 0 Å². The van der Waals surface area contributed by atoms with Crippen LogP contribution < -0.4 is 5.32 Å². The Morgan fingerprint density at radius 2 is 1.03 bits per heavy atom.